The molecule has 0 fully saturated rings. The number of ether oxygens (including phenoxy) is 1. The van der Waals surface area contributed by atoms with Crippen molar-refractivity contribution in [1.82, 2.24) is 4.90 Å². The van der Waals surface area contributed by atoms with Gasteiger partial charge in [-0.3, -0.25) is 0 Å². The van der Waals surface area contributed by atoms with Crippen LogP contribution in [0.1, 0.15) is 52.8 Å². The van der Waals surface area contributed by atoms with Crippen molar-refractivity contribution in [2.75, 3.05) is 11.5 Å². The van der Waals surface area contributed by atoms with Crippen LogP contribution in [0.4, 0.5) is 5.69 Å². The summed E-state index contributed by atoms with van der Waals surface area (Å²) in [6, 6.07) is 9.18. The lowest BCUT2D eigenvalue weighted by Crippen LogP contribution is -2.20. The normalized spacial score (nSPS) is 18.2. The molecule has 2 aliphatic heterocycles. The molecule has 2 heterocycles. The van der Waals surface area contributed by atoms with E-state index in [9.17, 15) is 0 Å². The van der Waals surface area contributed by atoms with Crippen LogP contribution in [0, 0.1) is 47.2 Å². The Morgan fingerprint density at radius 3 is 2.32 bits per heavy atom. The molecule has 2 aromatic carbocycles. The summed E-state index contributed by atoms with van der Waals surface area (Å²) in [6.45, 7) is 20.1. The van der Waals surface area contributed by atoms with E-state index in [1.165, 1.54) is 39.1 Å². The molecule has 4 nitrogen and oxygen atoms in total. The van der Waals surface area contributed by atoms with Gasteiger partial charge in [-0.1, -0.05) is 37.6 Å². The van der Waals surface area contributed by atoms with Crippen LogP contribution in [-0.4, -0.2) is 23.4 Å². The fourth-order valence-electron chi connectivity index (χ4n) is 4.48. The van der Waals surface area contributed by atoms with E-state index in [4.69, 9.17) is 9.73 Å². The van der Waals surface area contributed by atoms with Crippen LogP contribution in [0.3, 0.4) is 0 Å². The Kier molecular flexibility index (Phi) is 5.83. The summed E-state index contributed by atoms with van der Waals surface area (Å²) in [5.41, 5.74) is 9.88. The highest BCUT2D eigenvalue weighted by Gasteiger charge is 2.25. The zero-order valence-electron chi connectivity index (χ0n) is 19.8. The molecule has 0 unspecified atom stereocenters. The molecule has 2 radical (unpaired) electrons. The number of rotatable bonds is 5. The smallest absolute Gasteiger partial charge is 0.216 e. The minimum absolute atomic E-state index is 0.247. The van der Waals surface area contributed by atoms with Gasteiger partial charge in [0.05, 0.1) is 6.04 Å². The van der Waals surface area contributed by atoms with E-state index < -0.39 is 0 Å². The van der Waals surface area contributed by atoms with Gasteiger partial charge in [-0.05, 0) is 74.4 Å². The largest absolute Gasteiger partial charge is 0.475 e. The quantitative estimate of drug-likeness (QED) is 0.616. The predicted octanol–water partition coefficient (Wildman–Crippen LogP) is 5.82. The van der Waals surface area contributed by atoms with Gasteiger partial charge < -0.3 is 14.5 Å². The maximum Gasteiger partial charge on any atom is 0.216 e. The molecule has 0 N–H and O–H groups in total. The first-order valence-electron chi connectivity index (χ1n) is 11.1. The molecule has 0 saturated heterocycles. The summed E-state index contributed by atoms with van der Waals surface area (Å²) in [6.07, 6.45) is 4.18. The van der Waals surface area contributed by atoms with E-state index in [1.807, 2.05) is 0 Å². The SMILES string of the molecule is Cc1cc(C)c(N2[C]N(Cc3cc(C4=N[C@@H](C(C)C)CO4)c(C)cc3C)C=C2)c(C)c1. The zero-order chi connectivity index (χ0) is 22.3. The lowest BCUT2D eigenvalue weighted by molar-refractivity contribution is 0.291. The number of nitrogens with zero attached hydrogens (tertiary/aromatic N) is 3. The van der Waals surface area contributed by atoms with Crippen LogP contribution in [0.2, 0.25) is 0 Å². The van der Waals surface area contributed by atoms with Gasteiger partial charge in [0.2, 0.25) is 12.6 Å². The minimum atomic E-state index is 0.247. The zero-order valence-corrected chi connectivity index (χ0v) is 19.8. The van der Waals surface area contributed by atoms with Crippen molar-refractivity contribution in [3.8, 4) is 0 Å². The average Bonchev–Trinajstić information content (AvgIpc) is 3.33. The highest BCUT2D eigenvalue weighted by atomic mass is 16.5. The molecule has 0 aliphatic carbocycles. The van der Waals surface area contributed by atoms with Crippen molar-refractivity contribution in [2.24, 2.45) is 10.9 Å². The Morgan fingerprint density at radius 1 is 0.968 bits per heavy atom. The first-order valence-corrected chi connectivity index (χ1v) is 11.1. The third-order valence-corrected chi connectivity index (χ3v) is 6.21. The van der Waals surface area contributed by atoms with Gasteiger partial charge in [-0.15, -0.1) is 0 Å². The monoisotopic (exact) mass is 415 g/mol. The van der Waals surface area contributed by atoms with E-state index >= 15 is 0 Å². The molecule has 4 heteroatoms. The number of aliphatic imine (C=N–C) groups is 1. The van der Waals surface area contributed by atoms with Gasteiger partial charge in [-0.2, -0.15) is 0 Å². The Bertz CT molecular complexity index is 1030. The Balaban J connectivity index is 1.53. The number of anilines is 1. The van der Waals surface area contributed by atoms with Crippen molar-refractivity contribution in [2.45, 2.75) is 61.1 Å². The summed E-state index contributed by atoms with van der Waals surface area (Å²) in [5.74, 6) is 1.27. The van der Waals surface area contributed by atoms with Gasteiger partial charge in [0.15, 0.2) is 0 Å². The Labute approximate surface area is 187 Å². The lowest BCUT2D eigenvalue weighted by Gasteiger charge is -2.23. The summed E-state index contributed by atoms with van der Waals surface area (Å²) >= 11 is 0. The molecule has 2 aromatic rings. The molecule has 2 aliphatic rings. The van der Waals surface area contributed by atoms with Crippen molar-refractivity contribution < 1.29 is 4.74 Å². The average molecular weight is 416 g/mol. The van der Waals surface area contributed by atoms with Crippen LogP contribution in [0.5, 0.6) is 0 Å². The third-order valence-electron chi connectivity index (χ3n) is 6.21. The molecule has 31 heavy (non-hydrogen) atoms. The first-order chi connectivity index (χ1) is 14.7. The highest BCUT2D eigenvalue weighted by molar-refractivity contribution is 5.96. The molecule has 0 aromatic heterocycles. The van der Waals surface area contributed by atoms with Gasteiger partial charge in [0.25, 0.3) is 0 Å². The van der Waals surface area contributed by atoms with Gasteiger partial charge in [0, 0.05) is 30.2 Å². The fourth-order valence-corrected chi connectivity index (χ4v) is 4.48. The third kappa shape index (κ3) is 4.34. The highest BCUT2D eigenvalue weighted by Crippen LogP contribution is 2.31. The summed E-state index contributed by atoms with van der Waals surface area (Å²) < 4.78 is 5.97. The standard InChI is InChI=1S/C27H33N3O/c1-17(2)25-15-31-27(28-25)24-13-23(19(4)12-20(24)5)14-29-8-9-30(16-29)26-21(6)10-18(3)11-22(26)7/h8-13,17,25H,14-15H2,1-7H3/t25-/m1/s1. The van der Waals surface area contributed by atoms with E-state index in [0.29, 0.717) is 12.5 Å². The molecular formula is C27H33N3O. The first kappa shape index (κ1) is 21.5. The molecule has 1 atom stereocenters. The van der Waals surface area contributed by atoms with Crippen LogP contribution >= 0.6 is 0 Å². The number of hydrogen-bond donors (Lipinski definition) is 0. The van der Waals surface area contributed by atoms with E-state index in [0.717, 1.165) is 18.0 Å². The van der Waals surface area contributed by atoms with Crippen LogP contribution in [0.15, 0.2) is 41.7 Å². The van der Waals surface area contributed by atoms with Gasteiger partial charge in [0.1, 0.15) is 6.61 Å². The van der Waals surface area contributed by atoms with Crippen LogP contribution in [0.25, 0.3) is 0 Å². The van der Waals surface area contributed by atoms with Gasteiger partial charge in [-0.25, -0.2) is 4.99 Å². The second-order valence-electron chi connectivity index (χ2n) is 9.29. The van der Waals surface area contributed by atoms with E-state index in [1.54, 1.807) is 0 Å². The molecule has 0 saturated carbocycles. The Hall–Kier alpha value is -2.75. The maximum atomic E-state index is 5.97. The number of hydrogen-bond acceptors (Lipinski definition) is 4. The second kappa shape index (κ2) is 8.41. The molecule has 0 bridgehead atoms. The molecular weight excluding hydrogens is 382 g/mol. The summed E-state index contributed by atoms with van der Waals surface area (Å²) in [4.78, 5) is 9.06. The van der Waals surface area contributed by atoms with Crippen LogP contribution in [-0.2, 0) is 11.3 Å². The topological polar surface area (TPSA) is 28.1 Å². The van der Waals surface area contributed by atoms with E-state index in [2.05, 4.69) is 102 Å². The summed E-state index contributed by atoms with van der Waals surface area (Å²) in [5, 5.41) is 0. The maximum absolute atomic E-state index is 5.97. The van der Waals surface area contributed by atoms with Crippen molar-refractivity contribution >= 4 is 11.6 Å². The minimum Gasteiger partial charge on any atom is -0.475 e. The van der Waals surface area contributed by atoms with Gasteiger partial charge >= 0.3 is 0 Å². The molecule has 4 rings (SSSR count). The Morgan fingerprint density at radius 2 is 1.68 bits per heavy atom. The van der Waals surface area contributed by atoms with E-state index in [-0.39, 0.29) is 6.04 Å². The molecule has 0 amide bonds. The predicted molar refractivity (Wildman–Crippen MR) is 128 cm³/mol. The number of aryl methyl sites for hydroxylation is 5. The van der Waals surface area contributed by atoms with Crippen LogP contribution < -0.4 is 4.90 Å². The number of benzene rings is 2. The molecule has 162 valence electrons. The van der Waals surface area contributed by atoms with Crippen molar-refractivity contribution in [3.63, 3.8) is 0 Å². The lowest BCUT2D eigenvalue weighted by atomic mass is 9.99. The molecule has 0 spiro atoms. The second-order valence-corrected chi connectivity index (χ2v) is 9.29. The fraction of sp³-hybridized carbons (Fsp3) is 0.407. The summed E-state index contributed by atoms with van der Waals surface area (Å²) in [7, 11) is 0. The van der Waals surface area contributed by atoms with Crippen molar-refractivity contribution in [3.05, 3.63) is 82.3 Å². The van der Waals surface area contributed by atoms with Crippen molar-refractivity contribution in [1.29, 1.82) is 0 Å².